The van der Waals surface area contributed by atoms with Gasteiger partial charge in [-0.2, -0.15) is 0 Å². The summed E-state index contributed by atoms with van der Waals surface area (Å²) in [5, 5.41) is 0. The fraction of sp³-hybridized carbons (Fsp3) is 0.143. The molecule has 0 spiro atoms. The van der Waals surface area contributed by atoms with E-state index in [2.05, 4.69) is 31.9 Å². The molecule has 0 fully saturated rings. The van der Waals surface area contributed by atoms with E-state index >= 15 is 0 Å². The van der Waals surface area contributed by atoms with Crippen molar-refractivity contribution < 1.29 is 9.13 Å². The smallest absolute Gasteiger partial charge is 0.124 e. The van der Waals surface area contributed by atoms with Gasteiger partial charge in [-0.1, -0.05) is 37.9 Å². The molecule has 0 aromatic heterocycles. The van der Waals surface area contributed by atoms with Crippen LogP contribution in [0.2, 0.25) is 0 Å². The van der Waals surface area contributed by atoms with Crippen LogP contribution in [0.4, 0.5) is 4.39 Å². The number of hydrogen-bond donors (Lipinski definition) is 0. The van der Waals surface area contributed by atoms with Gasteiger partial charge in [0.2, 0.25) is 0 Å². The van der Waals surface area contributed by atoms with E-state index in [1.54, 1.807) is 6.07 Å². The predicted octanol–water partition coefficient (Wildman–Crippen LogP) is 5.67. The highest BCUT2D eigenvalue weighted by atomic mass is 79.9. The average molecular weight is 408 g/mol. The second-order valence-corrected chi connectivity index (χ2v) is 5.89. The minimum absolute atomic E-state index is 0.274. The zero-order valence-electron chi connectivity index (χ0n) is 9.80. The average Bonchev–Trinajstić information content (AvgIpc) is 2.39. The van der Waals surface area contributed by atoms with Gasteiger partial charge in [0.05, 0.1) is 0 Å². The standard InChI is InChI=1S/C14H10Br2ClFO/c15-13-4-3-12(5-10(13)7-17)19-8-9-1-2-11(18)6-14(9)16/h1-6H,7-8H2. The van der Waals surface area contributed by atoms with Gasteiger partial charge in [0.25, 0.3) is 0 Å². The van der Waals surface area contributed by atoms with Crippen molar-refractivity contribution in [1.82, 2.24) is 0 Å². The lowest BCUT2D eigenvalue weighted by molar-refractivity contribution is 0.305. The molecule has 0 heterocycles. The van der Waals surface area contributed by atoms with Crippen LogP contribution in [0.1, 0.15) is 11.1 Å². The summed E-state index contributed by atoms with van der Waals surface area (Å²) < 4.78 is 20.3. The molecule has 0 aliphatic carbocycles. The molecule has 1 nitrogen and oxygen atoms in total. The van der Waals surface area contributed by atoms with Gasteiger partial charge in [-0.05, 0) is 35.9 Å². The molecule has 0 aliphatic heterocycles. The molecule has 0 atom stereocenters. The first kappa shape index (κ1) is 14.8. The number of ether oxygens (including phenoxy) is 1. The Morgan fingerprint density at radius 3 is 2.47 bits per heavy atom. The third kappa shape index (κ3) is 3.94. The molecular weight excluding hydrogens is 398 g/mol. The number of hydrogen-bond acceptors (Lipinski definition) is 1. The maximum atomic E-state index is 13.0. The van der Waals surface area contributed by atoms with E-state index < -0.39 is 0 Å². The Kier molecular flexibility index (Phi) is 5.25. The largest absolute Gasteiger partial charge is 0.489 e. The third-order valence-electron chi connectivity index (χ3n) is 2.57. The summed E-state index contributed by atoms with van der Waals surface area (Å²) in [5.41, 5.74) is 1.86. The van der Waals surface area contributed by atoms with Crippen LogP contribution in [-0.2, 0) is 12.5 Å². The molecule has 0 bridgehead atoms. The van der Waals surface area contributed by atoms with E-state index in [1.165, 1.54) is 12.1 Å². The highest BCUT2D eigenvalue weighted by Gasteiger charge is 2.05. The fourth-order valence-corrected chi connectivity index (χ4v) is 2.78. The summed E-state index contributed by atoms with van der Waals surface area (Å²) in [6.45, 7) is 0.365. The molecule has 2 aromatic rings. The van der Waals surface area contributed by atoms with Crippen molar-refractivity contribution in [3.8, 4) is 5.75 Å². The Hall–Kier alpha value is -0.580. The highest BCUT2D eigenvalue weighted by molar-refractivity contribution is 9.10. The Bertz CT molecular complexity index is 590. The lowest BCUT2D eigenvalue weighted by Gasteiger charge is -2.10. The van der Waals surface area contributed by atoms with Crippen molar-refractivity contribution in [2.24, 2.45) is 0 Å². The fourth-order valence-electron chi connectivity index (χ4n) is 1.54. The van der Waals surface area contributed by atoms with Crippen molar-refractivity contribution in [3.63, 3.8) is 0 Å². The maximum absolute atomic E-state index is 13.0. The van der Waals surface area contributed by atoms with Gasteiger partial charge in [-0.15, -0.1) is 11.6 Å². The summed E-state index contributed by atoms with van der Waals surface area (Å²) in [6, 6.07) is 10.2. The van der Waals surface area contributed by atoms with Crippen LogP contribution in [0.5, 0.6) is 5.75 Å². The maximum Gasteiger partial charge on any atom is 0.124 e. The Morgan fingerprint density at radius 1 is 1.00 bits per heavy atom. The molecule has 2 rings (SSSR count). The molecule has 0 aliphatic rings. The summed E-state index contributed by atoms with van der Waals surface area (Å²) in [4.78, 5) is 0. The van der Waals surface area contributed by atoms with Crippen LogP contribution >= 0.6 is 43.5 Å². The second kappa shape index (κ2) is 6.73. The Labute approximate surface area is 133 Å². The molecule has 2 aromatic carbocycles. The van der Waals surface area contributed by atoms with E-state index in [0.29, 0.717) is 17.0 Å². The van der Waals surface area contributed by atoms with Gasteiger partial charge >= 0.3 is 0 Å². The summed E-state index contributed by atoms with van der Waals surface area (Å²) in [5.74, 6) is 0.872. The molecule has 0 amide bonds. The number of rotatable bonds is 4. The van der Waals surface area contributed by atoms with E-state index in [4.69, 9.17) is 16.3 Å². The number of alkyl halides is 1. The van der Waals surface area contributed by atoms with E-state index in [9.17, 15) is 4.39 Å². The molecule has 100 valence electrons. The Morgan fingerprint density at radius 2 is 1.79 bits per heavy atom. The SMILES string of the molecule is Fc1ccc(COc2ccc(Br)c(CCl)c2)c(Br)c1. The van der Waals surface area contributed by atoms with Crippen LogP contribution in [0.25, 0.3) is 0 Å². The second-order valence-electron chi connectivity index (χ2n) is 3.91. The van der Waals surface area contributed by atoms with Crippen LogP contribution in [-0.4, -0.2) is 0 Å². The first-order valence-electron chi connectivity index (χ1n) is 5.51. The van der Waals surface area contributed by atoms with Gasteiger partial charge in [0, 0.05) is 20.4 Å². The van der Waals surface area contributed by atoms with E-state index in [1.807, 2.05) is 18.2 Å². The van der Waals surface area contributed by atoms with Gasteiger partial charge < -0.3 is 4.74 Å². The quantitative estimate of drug-likeness (QED) is 0.593. The molecule has 0 radical (unpaired) electrons. The molecule has 0 saturated carbocycles. The molecule has 0 N–H and O–H groups in total. The normalized spacial score (nSPS) is 10.5. The lowest BCUT2D eigenvalue weighted by Crippen LogP contribution is -1.97. The first-order valence-corrected chi connectivity index (χ1v) is 7.63. The van der Waals surface area contributed by atoms with Crippen molar-refractivity contribution in [2.75, 3.05) is 0 Å². The molecule has 5 heteroatoms. The van der Waals surface area contributed by atoms with Crippen LogP contribution in [0.3, 0.4) is 0 Å². The van der Waals surface area contributed by atoms with Crippen LogP contribution in [0, 0.1) is 5.82 Å². The van der Waals surface area contributed by atoms with E-state index in [0.717, 1.165) is 21.3 Å². The van der Waals surface area contributed by atoms with Gasteiger partial charge in [0.1, 0.15) is 18.2 Å². The number of halogens is 4. The Balaban J connectivity index is 2.10. The minimum Gasteiger partial charge on any atom is -0.489 e. The van der Waals surface area contributed by atoms with Crippen molar-refractivity contribution in [3.05, 3.63) is 62.3 Å². The van der Waals surface area contributed by atoms with Gasteiger partial charge in [0.15, 0.2) is 0 Å². The van der Waals surface area contributed by atoms with Crippen molar-refractivity contribution in [2.45, 2.75) is 12.5 Å². The molecular formula is C14H10Br2ClFO. The summed E-state index contributed by atoms with van der Waals surface area (Å²) >= 11 is 12.6. The van der Waals surface area contributed by atoms with Crippen molar-refractivity contribution in [1.29, 1.82) is 0 Å². The van der Waals surface area contributed by atoms with Gasteiger partial charge in [-0.25, -0.2) is 4.39 Å². The van der Waals surface area contributed by atoms with Crippen LogP contribution < -0.4 is 4.74 Å². The lowest BCUT2D eigenvalue weighted by atomic mass is 10.2. The van der Waals surface area contributed by atoms with E-state index in [-0.39, 0.29) is 5.82 Å². The number of benzene rings is 2. The zero-order chi connectivity index (χ0) is 13.8. The zero-order valence-corrected chi connectivity index (χ0v) is 13.7. The predicted molar refractivity (Wildman–Crippen MR) is 82.1 cm³/mol. The summed E-state index contributed by atoms with van der Waals surface area (Å²) in [7, 11) is 0. The summed E-state index contributed by atoms with van der Waals surface area (Å²) in [6.07, 6.45) is 0. The van der Waals surface area contributed by atoms with Crippen molar-refractivity contribution >= 4 is 43.5 Å². The minimum atomic E-state index is -0.274. The monoisotopic (exact) mass is 406 g/mol. The molecule has 19 heavy (non-hydrogen) atoms. The molecule has 0 unspecified atom stereocenters. The third-order valence-corrected chi connectivity index (χ3v) is 4.37. The topological polar surface area (TPSA) is 9.23 Å². The highest BCUT2D eigenvalue weighted by Crippen LogP contribution is 2.25. The molecule has 0 saturated heterocycles. The first-order chi connectivity index (χ1) is 9.10. The van der Waals surface area contributed by atoms with Gasteiger partial charge in [-0.3, -0.25) is 0 Å². The van der Waals surface area contributed by atoms with Crippen LogP contribution in [0.15, 0.2) is 45.3 Å².